The maximum Gasteiger partial charge on any atom is 0.168 e. The van der Waals surface area contributed by atoms with Gasteiger partial charge in [0.15, 0.2) is 5.41 Å². The van der Waals surface area contributed by atoms with E-state index in [2.05, 4.69) is 46.9 Å². The van der Waals surface area contributed by atoms with E-state index in [9.17, 15) is 10.5 Å². The minimum atomic E-state index is -1.08. The lowest BCUT2D eigenvalue weighted by Crippen LogP contribution is -2.34. The van der Waals surface area contributed by atoms with E-state index in [1.165, 1.54) is 0 Å². The van der Waals surface area contributed by atoms with Gasteiger partial charge in [-0.1, -0.05) is 40.8 Å². The molecule has 0 radical (unpaired) electrons. The molecule has 1 aromatic carbocycles. The van der Waals surface area contributed by atoms with Gasteiger partial charge in [-0.25, -0.2) is 0 Å². The summed E-state index contributed by atoms with van der Waals surface area (Å²) >= 11 is 2.46. The zero-order valence-electron chi connectivity index (χ0n) is 15.0. The van der Waals surface area contributed by atoms with Gasteiger partial charge in [-0.3, -0.25) is 0 Å². The monoisotopic (exact) mass is 460 g/mol. The maximum atomic E-state index is 9.83. The summed E-state index contributed by atoms with van der Waals surface area (Å²) in [4.78, 5) is 0. The van der Waals surface area contributed by atoms with Crippen LogP contribution in [-0.4, -0.2) is 14.2 Å². The number of allylic oxidation sites excluding steroid dienone is 4. The Kier molecular flexibility index (Phi) is 5.29. The Morgan fingerprint density at radius 2 is 1.96 bits per heavy atom. The second-order valence-electron chi connectivity index (χ2n) is 6.71. The number of ether oxygens (including phenoxy) is 2. The molecular formula is C21H21IN2O2. The molecule has 1 unspecified atom stereocenters. The number of nitrogens with zero attached hydrogens (tertiary/aromatic N) is 2. The Labute approximate surface area is 168 Å². The number of nitriles is 2. The first kappa shape index (κ1) is 18.8. The molecule has 0 aliphatic heterocycles. The molecule has 0 fully saturated rings. The van der Waals surface area contributed by atoms with Crippen LogP contribution in [0, 0.1) is 34.0 Å². The minimum absolute atomic E-state index is 0.0657. The third kappa shape index (κ3) is 2.89. The summed E-state index contributed by atoms with van der Waals surface area (Å²) in [6, 6.07) is 10.4. The fourth-order valence-electron chi connectivity index (χ4n) is 4.06. The van der Waals surface area contributed by atoms with E-state index in [4.69, 9.17) is 9.47 Å². The van der Waals surface area contributed by atoms with Crippen LogP contribution in [0.4, 0.5) is 0 Å². The van der Waals surface area contributed by atoms with Crippen molar-refractivity contribution in [2.75, 3.05) is 14.2 Å². The molecule has 5 heteroatoms. The number of halogens is 1. The molecule has 0 saturated heterocycles. The van der Waals surface area contributed by atoms with Crippen LogP contribution in [0.2, 0.25) is 0 Å². The maximum absolute atomic E-state index is 9.83. The number of hydrogen-bond acceptors (Lipinski definition) is 4. The van der Waals surface area contributed by atoms with Gasteiger partial charge < -0.3 is 9.47 Å². The van der Waals surface area contributed by atoms with Crippen molar-refractivity contribution in [3.05, 3.63) is 47.6 Å². The fourth-order valence-corrected chi connectivity index (χ4v) is 5.39. The number of hydrogen-bond donors (Lipinski definition) is 0. The summed E-state index contributed by atoms with van der Waals surface area (Å²) in [5.41, 5.74) is 0.888. The highest BCUT2D eigenvalue weighted by atomic mass is 127. The van der Waals surface area contributed by atoms with Crippen LogP contribution in [0.25, 0.3) is 0 Å². The average molecular weight is 460 g/mol. The molecule has 3 rings (SSSR count). The van der Waals surface area contributed by atoms with E-state index in [1.807, 2.05) is 24.3 Å². The Morgan fingerprint density at radius 3 is 2.62 bits per heavy atom. The van der Waals surface area contributed by atoms with E-state index >= 15 is 0 Å². The molecule has 0 bridgehead atoms. The molecule has 2 aliphatic carbocycles. The van der Waals surface area contributed by atoms with Crippen molar-refractivity contribution < 1.29 is 9.47 Å². The van der Waals surface area contributed by atoms with Gasteiger partial charge in [0, 0.05) is 17.9 Å². The van der Waals surface area contributed by atoms with Crippen molar-refractivity contribution >= 4 is 22.6 Å². The molecule has 2 atom stereocenters. The van der Waals surface area contributed by atoms with Gasteiger partial charge in [-0.2, -0.15) is 10.5 Å². The number of rotatable bonds is 3. The summed E-state index contributed by atoms with van der Waals surface area (Å²) in [5, 5.41) is 19.7. The van der Waals surface area contributed by atoms with Gasteiger partial charge >= 0.3 is 0 Å². The highest BCUT2D eigenvalue weighted by Gasteiger charge is 2.49. The summed E-state index contributed by atoms with van der Waals surface area (Å²) in [6.07, 6.45) is 9.56. The SMILES string of the molecule is COc1ccc(OC)c([C@]2(I)C=CCC(C#N)(C#N)C3=CCCCC32)c1. The van der Waals surface area contributed by atoms with Crippen molar-refractivity contribution in [2.24, 2.45) is 11.3 Å². The summed E-state index contributed by atoms with van der Waals surface area (Å²) in [5.74, 6) is 1.62. The molecule has 0 N–H and O–H groups in total. The van der Waals surface area contributed by atoms with Gasteiger partial charge in [0.2, 0.25) is 0 Å². The van der Waals surface area contributed by atoms with Crippen LogP contribution in [0.15, 0.2) is 42.0 Å². The Balaban J connectivity index is 2.22. The Morgan fingerprint density at radius 1 is 1.19 bits per heavy atom. The quantitative estimate of drug-likeness (QED) is 0.360. The van der Waals surface area contributed by atoms with Gasteiger partial charge in [0.05, 0.1) is 29.8 Å². The number of fused-ring (bicyclic) bond motifs is 1. The topological polar surface area (TPSA) is 66.0 Å². The van der Waals surface area contributed by atoms with Gasteiger partial charge in [0.1, 0.15) is 11.5 Å². The van der Waals surface area contributed by atoms with Crippen molar-refractivity contribution in [1.82, 2.24) is 0 Å². The van der Waals surface area contributed by atoms with Crippen molar-refractivity contribution in [3.8, 4) is 23.6 Å². The van der Waals surface area contributed by atoms with Crippen LogP contribution >= 0.6 is 22.6 Å². The number of benzene rings is 1. The van der Waals surface area contributed by atoms with E-state index in [1.54, 1.807) is 14.2 Å². The van der Waals surface area contributed by atoms with Crippen LogP contribution in [-0.2, 0) is 3.42 Å². The van der Waals surface area contributed by atoms with E-state index in [0.717, 1.165) is 41.9 Å². The lowest BCUT2D eigenvalue weighted by Gasteiger charge is -2.40. The highest BCUT2D eigenvalue weighted by molar-refractivity contribution is 14.1. The largest absolute Gasteiger partial charge is 0.497 e. The lowest BCUT2D eigenvalue weighted by atomic mass is 9.67. The van der Waals surface area contributed by atoms with Crippen molar-refractivity contribution in [2.45, 2.75) is 29.1 Å². The zero-order valence-corrected chi connectivity index (χ0v) is 17.1. The second kappa shape index (κ2) is 7.32. The predicted molar refractivity (Wildman–Crippen MR) is 108 cm³/mol. The van der Waals surface area contributed by atoms with E-state index in [0.29, 0.717) is 6.42 Å². The summed E-state index contributed by atoms with van der Waals surface area (Å²) in [7, 11) is 3.31. The molecule has 0 heterocycles. The first-order valence-corrected chi connectivity index (χ1v) is 9.74. The third-order valence-corrected chi connectivity index (χ3v) is 7.11. The average Bonchev–Trinajstić information content (AvgIpc) is 2.83. The van der Waals surface area contributed by atoms with Crippen LogP contribution in [0.1, 0.15) is 31.2 Å². The van der Waals surface area contributed by atoms with Crippen LogP contribution in [0.5, 0.6) is 11.5 Å². The first-order valence-electron chi connectivity index (χ1n) is 8.67. The molecule has 0 spiro atoms. The molecule has 0 saturated carbocycles. The van der Waals surface area contributed by atoms with Gasteiger partial charge in [0.25, 0.3) is 0 Å². The van der Waals surface area contributed by atoms with E-state index in [-0.39, 0.29) is 5.92 Å². The normalized spacial score (nSPS) is 26.5. The van der Waals surface area contributed by atoms with Gasteiger partial charge in [-0.05, 0) is 43.0 Å². The van der Waals surface area contributed by atoms with Crippen molar-refractivity contribution in [1.29, 1.82) is 10.5 Å². The van der Waals surface area contributed by atoms with Gasteiger partial charge in [-0.15, -0.1) is 0 Å². The lowest BCUT2D eigenvalue weighted by molar-refractivity contribution is 0.373. The second-order valence-corrected chi connectivity index (χ2v) is 8.50. The Hall–Kier alpha value is -1.99. The molecule has 134 valence electrons. The molecule has 0 aromatic heterocycles. The van der Waals surface area contributed by atoms with Crippen LogP contribution < -0.4 is 9.47 Å². The van der Waals surface area contributed by atoms with Crippen LogP contribution in [0.3, 0.4) is 0 Å². The molecule has 0 amide bonds. The molecule has 1 aromatic rings. The standard InChI is InChI=1S/C21H21IN2O2/c1-25-15-8-9-19(26-2)18(12-15)21(22)11-5-10-20(13-23,14-24)16-6-3-4-7-17(16)21/h5-6,8-9,11-12,17H,3-4,7,10H2,1-2H3/t17?,21-/m0/s1. The first-order chi connectivity index (χ1) is 12.5. The fraction of sp³-hybridized carbons (Fsp3) is 0.429. The molecule has 4 nitrogen and oxygen atoms in total. The summed E-state index contributed by atoms with van der Waals surface area (Å²) in [6.45, 7) is 0. The highest BCUT2D eigenvalue weighted by Crippen LogP contribution is 2.57. The third-order valence-electron chi connectivity index (χ3n) is 5.42. The predicted octanol–water partition coefficient (Wildman–Crippen LogP) is 5.05. The molecular weight excluding hydrogens is 439 g/mol. The smallest absolute Gasteiger partial charge is 0.168 e. The molecule has 2 aliphatic rings. The summed E-state index contributed by atoms with van der Waals surface area (Å²) < 4.78 is 10.7. The number of alkyl halides is 1. The Bertz CT molecular complexity index is 833. The number of methoxy groups -OCH3 is 2. The molecule has 26 heavy (non-hydrogen) atoms. The van der Waals surface area contributed by atoms with Crippen molar-refractivity contribution in [3.63, 3.8) is 0 Å². The zero-order chi connectivity index (χ0) is 18.8. The van der Waals surface area contributed by atoms with E-state index < -0.39 is 8.84 Å². The minimum Gasteiger partial charge on any atom is -0.497 e.